The van der Waals surface area contributed by atoms with E-state index in [0.717, 1.165) is 34.9 Å². The van der Waals surface area contributed by atoms with Gasteiger partial charge in [-0.15, -0.1) is 0 Å². The number of hydrogen-bond donors (Lipinski definition) is 1. The molecular formula is C23H23N3. The van der Waals surface area contributed by atoms with Crippen LogP contribution in [-0.2, 0) is 12.1 Å². The molecule has 0 fully saturated rings. The van der Waals surface area contributed by atoms with Crippen LogP contribution in [-0.4, -0.2) is 5.84 Å². The Bertz CT molecular complexity index is 952. The normalized spacial score (nSPS) is 14.0. The van der Waals surface area contributed by atoms with E-state index in [1.165, 1.54) is 5.56 Å². The highest BCUT2D eigenvalue weighted by Crippen LogP contribution is 2.33. The Hall–Kier alpha value is -2.91. The average molecular weight is 341 g/mol. The van der Waals surface area contributed by atoms with Gasteiger partial charge in [-0.3, -0.25) is 0 Å². The highest BCUT2D eigenvalue weighted by Gasteiger charge is 2.27. The highest BCUT2D eigenvalue weighted by atomic mass is 15.2. The number of rotatable bonds is 3. The Labute approximate surface area is 154 Å². The Morgan fingerprint density at radius 3 is 2.27 bits per heavy atom. The first kappa shape index (κ1) is 16.6. The lowest BCUT2D eigenvalue weighted by Gasteiger charge is -2.33. The van der Waals surface area contributed by atoms with E-state index in [9.17, 15) is 0 Å². The van der Waals surface area contributed by atoms with Gasteiger partial charge < -0.3 is 10.6 Å². The number of nitrogens with two attached hydrogens (primary N) is 1. The summed E-state index contributed by atoms with van der Waals surface area (Å²) < 4.78 is 0. The van der Waals surface area contributed by atoms with Gasteiger partial charge in [-0.1, -0.05) is 60.7 Å². The molecule has 3 heteroatoms. The SMILES string of the molecule is CC(C)(N)c1ccccc1C1=Nc2ccccc2CN1c1ccccc1. The smallest absolute Gasteiger partial charge is 0.141 e. The number of fused-ring (bicyclic) bond motifs is 1. The van der Waals surface area contributed by atoms with Gasteiger partial charge in [0.25, 0.3) is 0 Å². The monoisotopic (exact) mass is 341 g/mol. The molecule has 1 heterocycles. The fraction of sp³-hybridized carbons (Fsp3) is 0.174. The van der Waals surface area contributed by atoms with Crippen LogP contribution in [0.4, 0.5) is 11.4 Å². The lowest BCUT2D eigenvalue weighted by Crippen LogP contribution is -2.37. The summed E-state index contributed by atoms with van der Waals surface area (Å²) in [6, 6.07) is 27.0. The summed E-state index contributed by atoms with van der Waals surface area (Å²) in [7, 11) is 0. The molecule has 3 aromatic rings. The topological polar surface area (TPSA) is 41.6 Å². The first-order valence-electron chi connectivity index (χ1n) is 8.92. The molecule has 2 N–H and O–H groups in total. The first-order chi connectivity index (χ1) is 12.5. The lowest BCUT2D eigenvalue weighted by atomic mass is 9.89. The third kappa shape index (κ3) is 3.02. The second-order valence-corrected chi connectivity index (χ2v) is 7.25. The van der Waals surface area contributed by atoms with Gasteiger partial charge in [0.1, 0.15) is 5.84 Å². The first-order valence-corrected chi connectivity index (χ1v) is 8.92. The minimum Gasteiger partial charge on any atom is -0.322 e. The van der Waals surface area contributed by atoms with Gasteiger partial charge in [0.05, 0.1) is 12.2 Å². The van der Waals surface area contributed by atoms with Crippen molar-refractivity contribution in [2.75, 3.05) is 4.90 Å². The molecule has 0 saturated heterocycles. The molecule has 4 rings (SSSR count). The van der Waals surface area contributed by atoms with Crippen molar-refractivity contribution in [3.63, 3.8) is 0 Å². The van der Waals surface area contributed by atoms with Crippen LogP contribution < -0.4 is 10.6 Å². The van der Waals surface area contributed by atoms with Gasteiger partial charge in [0.15, 0.2) is 0 Å². The Morgan fingerprint density at radius 2 is 1.50 bits per heavy atom. The molecule has 3 aromatic carbocycles. The van der Waals surface area contributed by atoms with E-state index in [2.05, 4.69) is 65.6 Å². The number of nitrogens with zero attached hydrogens (tertiary/aromatic N) is 2. The molecule has 0 radical (unpaired) electrons. The maximum atomic E-state index is 6.47. The summed E-state index contributed by atoms with van der Waals surface area (Å²) in [6.45, 7) is 4.87. The Kier molecular flexibility index (Phi) is 4.09. The fourth-order valence-electron chi connectivity index (χ4n) is 3.44. The number of benzene rings is 3. The van der Waals surface area contributed by atoms with Crippen molar-refractivity contribution in [2.24, 2.45) is 10.7 Å². The van der Waals surface area contributed by atoms with Crippen molar-refractivity contribution < 1.29 is 0 Å². The number of amidine groups is 1. The zero-order valence-corrected chi connectivity index (χ0v) is 15.2. The maximum Gasteiger partial charge on any atom is 0.141 e. The highest BCUT2D eigenvalue weighted by molar-refractivity contribution is 6.13. The van der Waals surface area contributed by atoms with Crippen molar-refractivity contribution in [2.45, 2.75) is 25.9 Å². The quantitative estimate of drug-likeness (QED) is 0.730. The third-order valence-electron chi connectivity index (χ3n) is 4.73. The van der Waals surface area contributed by atoms with Crippen LogP contribution in [0.5, 0.6) is 0 Å². The number of aliphatic imine (C=N–C) groups is 1. The van der Waals surface area contributed by atoms with Crippen molar-refractivity contribution in [3.05, 3.63) is 95.6 Å². The standard InChI is InChI=1S/C23H23N3/c1-23(2,24)20-14-8-7-13-19(20)22-25-21-15-9-6-10-17(21)16-26(22)18-11-4-3-5-12-18/h3-15H,16,24H2,1-2H3. The van der Waals surface area contributed by atoms with Crippen LogP contribution >= 0.6 is 0 Å². The molecule has 0 bridgehead atoms. The predicted molar refractivity (Wildman–Crippen MR) is 109 cm³/mol. The molecule has 1 aliphatic rings. The molecule has 26 heavy (non-hydrogen) atoms. The van der Waals surface area contributed by atoms with Gasteiger partial charge in [-0.2, -0.15) is 0 Å². The second kappa shape index (κ2) is 6.43. The molecule has 0 spiro atoms. The molecule has 0 aliphatic carbocycles. The molecule has 1 aliphatic heterocycles. The number of para-hydroxylation sites is 2. The summed E-state index contributed by atoms with van der Waals surface area (Å²) in [5, 5.41) is 0. The van der Waals surface area contributed by atoms with Crippen LogP contribution in [0.15, 0.2) is 83.9 Å². The van der Waals surface area contributed by atoms with E-state index in [4.69, 9.17) is 10.7 Å². The van der Waals surface area contributed by atoms with Crippen molar-refractivity contribution >= 4 is 17.2 Å². The molecule has 3 nitrogen and oxygen atoms in total. The van der Waals surface area contributed by atoms with Crippen LogP contribution in [0.25, 0.3) is 0 Å². The van der Waals surface area contributed by atoms with Crippen molar-refractivity contribution in [1.82, 2.24) is 0 Å². The van der Waals surface area contributed by atoms with Crippen LogP contribution in [0.2, 0.25) is 0 Å². The minimum absolute atomic E-state index is 0.446. The summed E-state index contributed by atoms with van der Waals surface area (Å²) in [4.78, 5) is 7.31. The molecule has 130 valence electrons. The molecular weight excluding hydrogens is 318 g/mol. The third-order valence-corrected chi connectivity index (χ3v) is 4.73. The Morgan fingerprint density at radius 1 is 0.846 bits per heavy atom. The average Bonchev–Trinajstić information content (AvgIpc) is 2.67. The van der Waals surface area contributed by atoms with E-state index < -0.39 is 5.54 Å². The molecule has 0 aromatic heterocycles. The summed E-state index contributed by atoms with van der Waals surface area (Å²) in [6.07, 6.45) is 0. The van der Waals surface area contributed by atoms with Gasteiger partial charge >= 0.3 is 0 Å². The van der Waals surface area contributed by atoms with Crippen LogP contribution in [0.1, 0.15) is 30.5 Å². The Balaban J connectivity index is 1.93. The molecule has 0 unspecified atom stereocenters. The van der Waals surface area contributed by atoms with E-state index >= 15 is 0 Å². The number of anilines is 1. The van der Waals surface area contributed by atoms with Crippen molar-refractivity contribution in [3.8, 4) is 0 Å². The zero-order chi connectivity index (χ0) is 18.1. The maximum absolute atomic E-state index is 6.47. The largest absolute Gasteiger partial charge is 0.322 e. The predicted octanol–water partition coefficient (Wildman–Crippen LogP) is 4.98. The number of hydrogen-bond acceptors (Lipinski definition) is 3. The van der Waals surface area contributed by atoms with Gasteiger partial charge in [-0.25, -0.2) is 4.99 Å². The summed E-state index contributed by atoms with van der Waals surface area (Å²) >= 11 is 0. The van der Waals surface area contributed by atoms with E-state index in [0.29, 0.717) is 0 Å². The molecule has 0 amide bonds. The van der Waals surface area contributed by atoms with Gasteiger partial charge in [-0.05, 0) is 43.2 Å². The van der Waals surface area contributed by atoms with Crippen LogP contribution in [0.3, 0.4) is 0 Å². The minimum atomic E-state index is -0.446. The van der Waals surface area contributed by atoms with Crippen LogP contribution in [0, 0.1) is 0 Å². The lowest BCUT2D eigenvalue weighted by molar-refractivity contribution is 0.553. The van der Waals surface area contributed by atoms with Gasteiger partial charge in [0, 0.05) is 16.8 Å². The van der Waals surface area contributed by atoms with E-state index in [-0.39, 0.29) is 0 Å². The zero-order valence-electron chi connectivity index (χ0n) is 15.2. The van der Waals surface area contributed by atoms with Crippen molar-refractivity contribution in [1.29, 1.82) is 0 Å². The molecule has 0 saturated carbocycles. The summed E-state index contributed by atoms with van der Waals surface area (Å²) in [5.41, 5.74) is 11.6. The second-order valence-electron chi connectivity index (χ2n) is 7.25. The van der Waals surface area contributed by atoms with Gasteiger partial charge in [0.2, 0.25) is 0 Å². The van der Waals surface area contributed by atoms with E-state index in [1.54, 1.807) is 0 Å². The summed E-state index contributed by atoms with van der Waals surface area (Å²) in [5.74, 6) is 0.948. The van der Waals surface area contributed by atoms with E-state index in [1.807, 2.05) is 32.0 Å². The fourth-order valence-corrected chi connectivity index (χ4v) is 3.44. The molecule has 0 atom stereocenters.